The lowest BCUT2D eigenvalue weighted by Gasteiger charge is -2.15. The Morgan fingerprint density at radius 1 is 1.00 bits per heavy atom. The van der Waals surface area contributed by atoms with Crippen LogP contribution in [-0.4, -0.2) is 6.54 Å². The second-order valence-electron chi connectivity index (χ2n) is 4.67. The summed E-state index contributed by atoms with van der Waals surface area (Å²) in [5.74, 6) is 0.367. The summed E-state index contributed by atoms with van der Waals surface area (Å²) < 4.78 is 0. The molecule has 0 saturated heterocycles. The summed E-state index contributed by atoms with van der Waals surface area (Å²) in [5.41, 5.74) is 9.75. The summed E-state index contributed by atoms with van der Waals surface area (Å²) in [6, 6.07) is 16.6. The van der Waals surface area contributed by atoms with E-state index in [2.05, 4.69) is 43.3 Å². The van der Waals surface area contributed by atoms with Gasteiger partial charge in [0, 0.05) is 10.9 Å². The fourth-order valence-corrected chi connectivity index (χ4v) is 2.21. The molecule has 0 aliphatic carbocycles. The molecule has 0 radical (unpaired) electrons. The molecule has 2 aromatic rings. The van der Waals surface area contributed by atoms with E-state index < -0.39 is 0 Å². The van der Waals surface area contributed by atoms with E-state index in [9.17, 15) is 0 Å². The number of rotatable bonds is 4. The largest absolute Gasteiger partial charge is 0.330 e. The van der Waals surface area contributed by atoms with Crippen LogP contribution in [0, 0.1) is 6.92 Å². The molecule has 1 atom stereocenters. The predicted octanol–water partition coefficient (Wildman–Crippen LogP) is 3.93. The van der Waals surface area contributed by atoms with E-state index in [1.807, 2.05) is 12.1 Å². The highest BCUT2D eigenvalue weighted by molar-refractivity contribution is 6.30. The zero-order valence-corrected chi connectivity index (χ0v) is 11.3. The molecule has 94 valence electrons. The van der Waals surface area contributed by atoms with E-state index >= 15 is 0 Å². The van der Waals surface area contributed by atoms with Crippen LogP contribution in [0.5, 0.6) is 0 Å². The van der Waals surface area contributed by atoms with Crippen LogP contribution in [0.2, 0.25) is 5.02 Å². The molecule has 0 amide bonds. The Kier molecular flexibility index (Phi) is 4.40. The van der Waals surface area contributed by atoms with E-state index in [0.29, 0.717) is 12.5 Å². The van der Waals surface area contributed by atoms with Crippen LogP contribution in [0.3, 0.4) is 0 Å². The van der Waals surface area contributed by atoms with E-state index in [0.717, 1.165) is 11.4 Å². The molecule has 2 heteroatoms. The van der Waals surface area contributed by atoms with E-state index in [1.54, 1.807) is 0 Å². The van der Waals surface area contributed by atoms with Crippen LogP contribution in [0.25, 0.3) is 0 Å². The molecule has 0 heterocycles. The molecule has 1 unspecified atom stereocenters. The molecule has 0 aromatic heterocycles. The lowest BCUT2D eigenvalue weighted by molar-refractivity contribution is 0.694. The maximum absolute atomic E-state index is 5.89. The molecule has 0 fully saturated rings. The van der Waals surface area contributed by atoms with Gasteiger partial charge in [-0.15, -0.1) is 0 Å². The number of benzene rings is 2. The number of aryl methyl sites for hydroxylation is 1. The van der Waals surface area contributed by atoms with Gasteiger partial charge in [0.2, 0.25) is 0 Å². The van der Waals surface area contributed by atoms with E-state index in [4.69, 9.17) is 17.3 Å². The normalized spacial score (nSPS) is 12.4. The zero-order valence-electron chi connectivity index (χ0n) is 10.6. The number of halogens is 1. The highest BCUT2D eigenvalue weighted by Gasteiger charge is 2.10. The molecule has 0 spiro atoms. The maximum atomic E-state index is 5.89. The first-order chi connectivity index (χ1) is 8.69. The zero-order chi connectivity index (χ0) is 13.0. The van der Waals surface area contributed by atoms with Crippen LogP contribution < -0.4 is 5.73 Å². The monoisotopic (exact) mass is 259 g/mol. The smallest absolute Gasteiger partial charge is 0.0406 e. The quantitative estimate of drug-likeness (QED) is 0.885. The molecule has 1 nitrogen and oxygen atoms in total. The van der Waals surface area contributed by atoms with Crippen molar-refractivity contribution in [2.75, 3.05) is 6.54 Å². The SMILES string of the molecule is Cc1ccc(C(CN)Cc2ccc(Cl)cc2)cc1. The van der Waals surface area contributed by atoms with Gasteiger partial charge in [0.1, 0.15) is 0 Å². The van der Waals surface area contributed by atoms with Crippen molar-refractivity contribution in [1.82, 2.24) is 0 Å². The van der Waals surface area contributed by atoms with Crippen LogP contribution >= 0.6 is 11.6 Å². The summed E-state index contributed by atoms with van der Waals surface area (Å²) >= 11 is 5.89. The topological polar surface area (TPSA) is 26.0 Å². The summed E-state index contributed by atoms with van der Waals surface area (Å²) in [5, 5.41) is 0.776. The molecule has 2 rings (SSSR count). The lowest BCUT2D eigenvalue weighted by Crippen LogP contribution is -2.15. The summed E-state index contributed by atoms with van der Waals surface area (Å²) in [4.78, 5) is 0. The van der Waals surface area contributed by atoms with Crippen molar-refractivity contribution >= 4 is 11.6 Å². The molecule has 18 heavy (non-hydrogen) atoms. The van der Waals surface area contributed by atoms with Gasteiger partial charge in [-0.2, -0.15) is 0 Å². The molecule has 0 bridgehead atoms. The van der Waals surface area contributed by atoms with Crippen molar-refractivity contribution < 1.29 is 0 Å². The third-order valence-corrected chi connectivity index (χ3v) is 3.48. The van der Waals surface area contributed by atoms with Gasteiger partial charge in [0.15, 0.2) is 0 Å². The number of hydrogen-bond acceptors (Lipinski definition) is 1. The fraction of sp³-hybridized carbons (Fsp3) is 0.250. The molecule has 0 aliphatic heterocycles. The maximum Gasteiger partial charge on any atom is 0.0406 e. The molecular formula is C16H18ClN. The standard InChI is InChI=1S/C16H18ClN/c1-12-2-6-14(7-3-12)15(11-18)10-13-4-8-16(17)9-5-13/h2-9,15H,10-11,18H2,1H3. The van der Waals surface area contributed by atoms with Crippen molar-refractivity contribution in [2.45, 2.75) is 19.3 Å². The van der Waals surface area contributed by atoms with Crippen molar-refractivity contribution in [3.8, 4) is 0 Å². The van der Waals surface area contributed by atoms with Gasteiger partial charge in [-0.3, -0.25) is 0 Å². The van der Waals surface area contributed by atoms with E-state index in [1.165, 1.54) is 16.7 Å². The first-order valence-corrected chi connectivity index (χ1v) is 6.58. The Hall–Kier alpha value is -1.31. The van der Waals surface area contributed by atoms with Crippen molar-refractivity contribution in [2.24, 2.45) is 5.73 Å². The van der Waals surface area contributed by atoms with Gasteiger partial charge >= 0.3 is 0 Å². The molecule has 0 aliphatic rings. The molecule has 2 N–H and O–H groups in total. The number of nitrogens with two attached hydrogens (primary N) is 1. The first-order valence-electron chi connectivity index (χ1n) is 6.20. The lowest BCUT2D eigenvalue weighted by atomic mass is 9.91. The van der Waals surface area contributed by atoms with Crippen LogP contribution in [0.15, 0.2) is 48.5 Å². The van der Waals surface area contributed by atoms with Crippen molar-refractivity contribution in [1.29, 1.82) is 0 Å². The van der Waals surface area contributed by atoms with Gasteiger partial charge < -0.3 is 5.73 Å². The predicted molar refractivity (Wildman–Crippen MR) is 78.1 cm³/mol. The van der Waals surface area contributed by atoms with Gasteiger partial charge in [-0.25, -0.2) is 0 Å². The van der Waals surface area contributed by atoms with Crippen molar-refractivity contribution in [3.05, 3.63) is 70.2 Å². The van der Waals surface area contributed by atoms with Gasteiger partial charge in [-0.05, 0) is 43.1 Å². The Balaban J connectivity index is 2.14. The van der Waals surface area contributed by atoms with Crippen LogP contribution in [0.1, 0.15) is 22.6 Å². The Bertz CT molecular complexity index is 488. The van der Waals surface area contributed by atoms with E-state index in [-0.39, 0.29) is 0 Å². The summed E-state index contributed by atoms with van der Waals surface area (Å²) in [7, 11) is 0. The van der Waals surface area contributed by atoms with Gasteiger partial charge in [0.05, 0.1) is 0 Å². The minimum Gasteiger partial charge on any atom is -0.330 e. The highest BCUT2D eigenvalue weighted by Crippen LogP contribution is 2.21. The minimum atomic E-state index is 0.367. The summed E-state index contributed by atoms with van der Waals surface area (Å²) in [6.07, 6.45) is 0.955. The van der Waals surface area contributed by atoms with Gasteiger partial charge in [0.25, 0.3) is 0 Å². The summed E-state index contributed by atoms with van der Waals surface area (Å²) in [6.45, 7) is 2.76. The third-order valence-electron chi connectivity index (χ3n) is 3.23. The average Bonchev–Trinajstić information content (AvgIpc) is 2.39. The number of hydrogen-bond donors (Lipinski definition) is 1. The third kappa shape index (κ3) is 3.34. The highest BCUT2D eigenvalue weighted by atomic mass is 35.5. The fourth-order valence-electron chi connectivity index (χ4n) is 2.08. The second kappa shape index (κ2) is 6.03. The molecule has 2 aromatic carbocycles. The Morgan fingerprint density at radius 2 is 1.61 bits per heavy atom. The minimum absolute atomic E-state index is 0.367. The van der Waals surface area contributed by atoms with Crippen LogP contribution in [-0.2, 0) is 6.42 Å². The van der Waals surface area contributed by atoms with Crippen LogP contribution in [0.4, 0.5) is 0 Å². The van der Waals surface area contributed by atoms with Crippen molar-refractivity contribution in [3.63, 3.8) is 0 Å². The second-order valence-corrected chi connectivity index (χ2v) is 5.11. The Morgan fingerprint density at radius 3 is 2.17 bits per heavy atom. The molecular weight excluding hydrogens is 242 g/mol. The van der Waals surface area contributed by atoms with Gasteiger partial charge in [-0.1, -0.05) is 53.6 Å². The first kappa shape index (κ1) is 13.1. The average molecular weight is 260 g/mol. The Labute approximate surface area is 114 Å². The molecule has 0 saturated carbocycles.